The van der Waals surface area contributed by atoms with E-state index in [9.17, 15) is 14.7 Å². The highest BCUT2D eigenvalue weighted by atomic mass is 16.5. The van der Waals surface area contributed by atoms with Gasteiger partial charge in [0.05, 0.1) is 0 Å². The van der Waals surface area contributed by atoms with Crippen molar-refractivity contribution in [2.45, 2.75) is 63.5 Å². The first-order chi connectivity index (χ1) is 10.1. The monoisotopic (exact) mass is 298 g/mol. The minimum Gasteiger partial charge on any atom is -0.480 e. The Bertz CT molecular complexity index is 380. The lowest BCUT2D eigenvalue weighted by Crippen LogP contribution is -2.61. The van der Waals surface area contributed by atoms with Gasteiger partial charge in [0.15, 0.2) is 0 Å². The number of carbonyl (C=O) groups excluding carboxylic acids is 1. The van der Waals surface area contributed by atoms with Crippen LogP contribution in [0.1, 0.15) is 51.9 Å². The number of hydrogen-bond acceptors (Lipinski definition) is 3. The molecule has 1 saturated heterocycles. The summed E-state index contributed by atoms with van der Waals surface area (Å²) in [6, 6.07) is -0.195. The molecule has 2 rings (SSSR count). The van der Waals surface area contributed by atoms with Crippen molar-refractivity contribution in [3.8, 4) is 0 Å². The summed E-state index contributed by atoms with van der Waals surface area (Å²) in [6.45, 7) is 2.88. The summed E-state index contributed by atoms with van der Waals surface area (Å²) in [6.07, 6.45) is 6.14. The van der Waals surface area contributed by atoms with Crippen LogP contribution in [0.15, 0.2) is 0 Å². The van der Waals surface area contributed by atoms with E-state index in [2.05, 4.69) is 17.6 Å². The fourth-order valence-corrected chi connectivity index (χ4v) is 3.42. The van der Waals surface area contributed by atoms with Crippen molar-refractivity contribution in [3.63, 3.8) is 0 Å². The average molecular weight is 298 g/mol. The lowest BCUT2D eigenvalue weighted by molar-refractivity contribution is -0.148. The first-order valence-electron chi connectivity index (χ1n) is 7.97. The van der Waals surface area contributed by atoms with Crippen molar-refractivity contribution in [1.29, 1.82) is 0 Å². The van der Waals surface area contributed by atoms with Crippen molar-refractivity contribution in [3.05, 3.63) is 0 Å². The summed E-state index contributed by atoms with van der Waals surface area (Å²) in [5.41, 5.74) is -1.18. The van der Waals surface area contributed by atoms with Crippen LogP contribution in [0, 0.1) is 5.92 Å². The van der Waals surface area contributed by atoms with Crippen LogP contribution in [0.25, 0.3) is 0 Å². The highest BCUT2D eigenvalue weighted by Crippen LogP contribution is 2.27. The fourth-order valence-electron chi connectivity index (χ4n) is 3.42. The predicted molar refractivity (Wildman–Crippen MR) is 78.1 cm³/mol. The number of rotatable bonds is 4. The van der Waals surface area contributed by atoms with Crippen LogP contribution in [-0.2, 0) is 9.53 Å². The highest BCUT2D eigenvalue weighted by molar-refractivity contribution is 5.86. The molecule has 0 aromatic heterocycles. The van der Waals surface area contributed by atoms with E-state index in [1.165, 1.54) is 6.42 Å². The van der Waals surface area contributed by atoms with Gasteiger partial charge in [-0.1, -0.05) is 26.2 Å². The summed E-state index contributed by atoms with van der Waals surface area (Å²) in [7, 11) is 0. The topological polar surface area (TPSA) is 87.7 Å². The van der Waals surface area contributed by atoms with Crippen molar-refractivity contribution in [2.24, 2.45) is 5.92 Å². The van der Waals surface area contributed by atoms with Gasteiger partial charge in [-0.05, 0) is 18.8 Å². The summed E-state index contributed by atoms with van der Waals surface area (Å²) < 4.78 is 5.21. The van der Waals surface area contributed by atoms with Gasteiger partial charge in [-0.15, -0.1) is 0 Å². The van der Waals surface area contributed by atoms with Gasteiger partial charge < -0.3 is 20.5 Å². The molecular formula is C15H26N2O4. The van der Waals surface area contributed by atoms with Gasteiger partial charge in [0, 0.05) is 32.1 Å². The zero-order valence-electron chi connectivity index (χ0n) is 12.7. The largest absolute Gasteiger partial charge is 0.480 e. The number of carboxylic acid groups (broad SMARTS) is 1. The van der Waals surface area contributed by atoms with Gasteiger partial charge in [0.25, 0.3) is 0 Å². The molecule has 2 fully saturated rings. The Hall–Kier alpha value is -1.30. The van der Waals surface area contributed by atoms with E-state index in [0.717, 1.165) is 25.7 Å². The smallest absolute Gasteiger partial charge is 0.329 e. The van der Waals surface area contributed by atoms with Crippen molar-refractivity contribution in [2.75, 3.05) is 13.2 Å². The van der Waals surface area contributed by atoms with Crippen LogP contribution in [0.4, 0.5) is 4.79 Å². The Balaban J connectivity index is 1.94. The van der Waals surface area contributed by atoms with E-state index < -0.39 is 11.5 Å². The maximum atomic E-state index is 12.2. The molecule has 1 heterocycles. The molecule has 3 N–H and O–H groups in total. The Morgan fingerprint density at radius 3 is 2.52 bits per heavy atom. The third kappa shape index (κ3) is 3.87. The molecule has 0 radical (unpaired) electrons. The lowest BCUT2D eigenvalue weighted by Gasteiger charge is -2.36. The minimum atomic E-state index is -1.18. The Morgan fingerprint density at radius 2 is 1.90 bits per heavy atom. The summed E-state index contributed by atoms with van der Waals surface area (Å²) >= 11 is 0. The molecule has 1 aliphatic carbocycles. The number of nitrogens with one attached hydrogen (secondary N) is 2. The van der Waals surface area contributed by atoms with E-state index >= 15 is 0 Å². The second kappa shape index (κ2) is 7.11. The van der Waals surface area contributed by atoms with Crippen molar-refractivity contribution >= 4 is 12.0 Å². The van der Waals surface area contributed by atoms with Crippen molar-refractivity contribution in [1.82, 2.24) is 10.6 Å². The molecule has 6 nitrogen and oxygen atoms in total. The third-order valence-electron chi connectivity index (χ3n) is 4.86. The van der Waals surface area contributed by atoms with Crippen LogP contribution in [0.5, 0.6) is 0 Å². The van der Waals surface area contributed by atoms with Gasteiger partial charge in [-0.25, -0.2) is 9.59 Å². The number of ether oxygens (including phenoxy) is 1. The number of hydrogen-bond donors (Lipinski definition) is 3. The Kier molecular flexibility index (Phi) is 5.45. The van der Waals surface area contributed by atoms with E-state index in [1.54, 1.807) is 0 Å². The zero-order valence-corrected chi connectivity index (χ0v) is 12.7. The van der Waals surface area contributed by atoms with Gasteiger partial charge >= 0.3 is 12.0 Å². The molecule has 21 heavy (non-hydrogen) atoms. The van der Waals surface area contributed by atoms with Gasteiger partial charge in [0.1, 0.15) is 5.54 Å². The van der Waals surface area contributed by atoms with Crippen LogP contribution in [0.3, 0.4) is 0 Å². The SMILES string of the molecule is CCC1CCCCC1NC(=O)NC1(C(=O)O)CCOCC1. The molecule has 0 aromatic rings. The molecule has 2 aliphatic rings. The molecule has 2 atom stereocenters. The zero-order chi connectivity index (χ0) is 15.3. The van der Waals surface area contributed by atoms with E-state index in [-0.39, 0.29) is 12.1 Å². The molecule has 2 amide bonds. The molecule has 1 saturated carbocycles. The molecular weight excluding hydrogens is 272 g/mol. The van der Waals surface area contributed by atoms with Crippen LogP contribution in [0.2, 0.25) is 0 Å². The Labute approximate surface area is 125 Å². The third-order valence-corrected chi connectivity index (χ3v) is 4.86. The average Bonchev–Trinajstić information content (AvgIpc) is 2.48. The molecule has 2 unspecified atom stereocenters. The van der Waals surface area contributed by atoms with Crippen molar-refractivity contribution < 1.29 is 19.4 Å². The number of urea groups is 1. The lowest BCUT2D eigenvalue weighted by atomic mass is 9.83. The normalized spacial score (nSPS) is 28.6. The maximum absolute atomic E-state index is 12.2. The first-order valence-corrected chi connectivity index (χ1v) is 7.97. The van der Waals surface area contributed by atoms with Crippen LogP contribution < -0.4 is 10.6 Å². The number of aliphatic carboxylic acids is 1. The predicted octanol–water partition coefficient (Wildman–Crippen LogP) is 1.89. The second-order valence-corrected chi connectivity index (χ2v) is 6.16. The first kappa shape index (κ1) is 16.1. The Morgan fingerprint density at radius 1 is 1.24 bits per heavy atom. The van der Waals surface area contributed by atoms with Crippen LogP contribution >= 0.6 is 0 Å². The number of carboxylic acids is 1. The van der Waals surface area contributed by atoms with Gasteiger partial charge in [0.2, 0.25) is 0 Å². The number of amides is 2. The standard InChI is InChI=1S/C15H26N2O4/c1-2-11-5-3-4-6-12(11)16-14(20)17-15(13(18)19)7-9-21-10-8-15/h11-12H,2-10H2,1H3,(H,18,19)(H2,16,17,20). The molecule has 120 valence electrons. The van der Waals surface area contributed by atoms with E-state index in [1.807, 2.05) is 0 Å². The second-order valence-electron chi connectivity index (χ2n) is 6.16. The molecule has 6 heteroatoms. The van der Waals surface area contributed by atoms with Gasteiger partial charge in [-0.3, -0.25) is 0 Å². The quantitative estimate of drug-likeness (QED) is 0.739. The molecule has 0 bridgehead atoms. The molecule has 1 aliphatic heterocycles. The highest BCUT2D eigenvalue weighted by Gasteiger charge is 2.42. The summed E-state index contributed by atoms with van der Waals surface area (Å²) in [4.78, 5) is 23.8. The molecule has 0 aromatic carbocycles. The van der Waals surface area contributed by atoms with Crippen LogP contribution in [-0.4, -0.2) is 41.9 Å². The van der Waals surface area contributed by atoms with E-state index in [4.69, 9.17) is 4.74 Å². The maximum Gasteiger partial charge on any atom is 0.329 e. The summed E-state index contributed by atoms with van der Waals surface area (Å²) in [5.74, 6) is -0.475. The summed E-state index contributed by atoms with van der Waals surface area (Å²) in [5, 5.41) is 15.1. The minimum absolute atomic E-state index is 0.162. The number of carbonyl (C=O) groups is 2. The van der Waals surface area contributed by atoms with Gasteiger partial charge in [-0.2, -0.15) is 0 Å². The molecule has 0 spiro atoms. The van der Waals surface area contributed by atoms with E-state index in [0.29, 0.717) is 32.0 Å². The fraction of sp³-hybridized carbons (Fsp3) is 0.867.